The lowest BCUT2D eigenvalue weighted by Gasteiger charge is -2.16. The van der Waals surface area contributed by atoms with E-state index in [1.807, 2.05) is 31.4 Å². The molecule has 1 atom stereocenters. The lowest BCUT2D eigenvalue weighted by Crippen LogP contribution is -2.32. The van der Waals surface area contributed by atoms with E-state index in [1.165, 1.54) is 0 Å². The van der Waals surface area contributed by atoms with Crippen LogP contribution in [-0.4, -0.2) is 16.9 Å². The molecule has 3 rings (SSSR count). The van der Waals surface area contributed by atoms with Gasteiger partial charge in [0.15, 0.2) is 6.10 Å². The number of rotatable bonds is 4. The standard InChI is InChI=1S/C14H15N3OS2/c1-3-9(14(15)16)18-10-6-11-12(17-7(2)20-11)13-8(10)4-5-19-13/h4-6,9H,3H2,1-2H3,(H3,15,16). The zero-order chi connectivity index (χ0) is 14.3. The maximum atomic E-state index is 7.58. The number of nitrogens with two attached hydrogens (primary N) is 1. The first-order chi connectivity index (χ1) is 9.60. The highest BCUT2D eigenvalue weighted by atomic mass is 32.1. The molecule has 0 aliphatic heterocycles. The minimum Gasteiger partial charge on any atom is -0.482 e. The number of thiazole rings is 1. The molecule has 20 heavy (non-hydrogen) atoms. The van der Waals surface area contributed by atoms with Gasteiger partial charge in [-0.2, -0.15) is 0 Å². The highest BCUT2D eigenvalue weighted by molar-refractivity contribution is 7.21. The van der Waals surface area contributed by atoms with Crippen molar-refractivity contribution >= 4 is 48.8 Å². The normalized spacial score (nSPS) is 12.9. The summed E-state index contributed by atoms with van der Waals surface area (Å²) in [5.41, 5.74) is 6.62. The number of fused-ring (bicyclic) bond motifs is 3. The van der Waals surface area contributed by atoms with Crippen LogP contribution in [-0.2, 0) is 0 Å². The molecule has 0 bridgehead atoms. The van der Waals surface area contributed by atoms with Crippen molar-refractivity contribution < 1.29 is 4.74 Å². The van der Waals surface area contributed by atoms with E-state index in [0.29, 0.717) is 6.42 Å². The maximum absolute atomic E-state index is 7.58. The molecule has 0 saturated carbocycles. The van der Waals surface area contributed by atoms with Gasteiger partial charge in [-0.1, -0.05) is 6.92 Å². The van der Waals surface area contributed by atoms with Crippen molar-refractivity contribution in [3.8, 4) is 5.75 Å². The minimum atomic E-state index is -0.371. The molecule has 0 fully saturated rings. The molecule has 1 unspecified atom stereocenters. The van der Waals surface area contributed by atoms with Crippen LogP contribution < -0.4 is 10.5 Å². The Morgan fingerprint density at radius 2 is 2.35 bits per heavy atom. The van der Waals surface area contributed by atoms with Crippen LogP contribution in [0.1, 0.15) is 18.4 Å². The van der Waals surface area contributed by atoms with Gasteiger partial charge in [-0.25, -0.2) is 4.98 Å². The molecular weight excluding hydrogens is 290 g/mol. The highest BCUT2D eigenvalue weighted by Crippen LogP contribution is 2.39. The zero-order valence-electron chi connectivity index (χ0n) is 11.3. The fraction of sp³-hybridized carbons (Fsp3) is 0.286. The molecule has 0 aliphatic carbocycles. The molecule has 6 heteroatoms. The Morgan fingerprint density at radius 1 is 1.55 bits per heavy atom. The first kappa shape index (κ1) is 13.3. The van der Waals surface area contributed by atoms with Crippen LogP contribution in [0.3, 0.4) is 0 Å². The first-order valence-electron chi connectivity index (χ1n) is 6.38. The molecule has 4 nitrogen and oxygen atoms in total. The smallest absolute Gasteiger partial charge is 0.155 e. The van der Waals surface area contributed by atoms with E-state index in [9.17, 15) is 0 Å². The summed E-state index contributed by atoms with van der Waals surface area (Å²) in [4.78, 5) is 4.60. The topological polar surface area (TPSA) is 72.0 Å². The zero-order valence-corrected chi connectivity index (χ0v) is 12.9. The van der Waals surface area contributed by atoms with Gasteiger partial charge in [0.25, 0.3) is 0 Å². The first-order valence-corrected chi connectivity index (χ1v) is 8.07. The van der Waals surface area contributed by atoms with E-state index in [4.69, 9.17) is 15.9 Å². The number of amidine groups is 1. The molecule has 0 aliphatic rings. The summed E-state index contributed by atoms with van der Waals surface area (Å²) in [6, 6.07) is 4.05. The van der Waals surface area contributed by atoms with Crippen LogP contribution in [0.4, 0.5) is 0 Å². The van der Waals surface area contributed by atoms with E-state index in [1.54, 1.807) is 22.7 Å². The van der Waals surface area contributed by atoms with E-state index < -0.39 is 0 Å². The van der Waals surface area contributed by atoms with Crippen LogP contribution in [0, 0.1) is 12.3 Å². The van der Waals surface area contributed by atoms with Gasteiger partial charge < -0.3 is 10.5 Å². The highest BCUT2D eigenvalue weighted by Gasteiger charge is 2.17. The molecule has 2 aromatic heterocycles. The van der Waals surface area contributed by atoms with Gasteiger partial charge in [-0.3, -0.25) is 5.41 Å². The average molecular weight is 305 g/mol. The van der Waals surface area contributed by atoms with Gasteiger partial charge in [-0.05, 0) is 24.8 Å². The van der Waals surface area contributed by atoms with Gasteiger partial charge in [0, 0.05) is 11.5 Å². The van der Waals surface area contributed by atoms with Crippen molar-refractivity contribution in [3.63, 3.8) is 0 Å². The largest absolute Gasteiger partial charge is 0.482 e. The number of benzene rings is 1. The number of nitrogens with zero attached hydrogens (tertiary/aromatic N) is 1. The number of thiophene rings is 1. The SMILES string of the molecule is CCC(Oc1cc2sc(C)nc2c2sccc12)C(=N)N. The van der Waals surface area contributed by atoms with E-state index in [0.717, 1.165) is 31.1 Å². The fourth-order valence-corrected chi connectivity index (χ4v) is 4.04. The predicted octanol–water partition coefficient (Wildman–Crippen LogP) is 3.91. The summed E-state index contributed by atoms with van der Waals surface area (Å²) < 4.78 is 8.21. The number of hydrogen-bond acceptors (Lipinski definition) is 5. The maximum Gasteiger partial charge on any atom is 0.155 e. The second-order valence-electron chi connectivity index (χ2n) is 4.59. The second kappa shape index (κ2) is 5.03. The third-order valence-corrected chi connectivity index (χ3v) is 4.99. The summed E-state index contributed by atoms with van der Waals surface area (Å²) in [6.45, 7) is 3.97. The van der Waals surface area contributed by atoms with Crippen LogP contribution in [0.15, 0.2) is 17.5 Å². The monoisotopic (exact) mass is 305 g/mol. The summed E-state index contributed by atoms with van der Waals surface area (Å²) in [5, 5.41) is 11.7. The summed E-state index contributed by atoms with van der Waals surface area (Å²) in [5.74, 6) is 0.857. The van der Waals surface area contributed by atoms with E-state index >= 15 is 0 Å². The van der Waals surface area contributed by atoms with Crippen LogP contribution in [0.2, 0.25) is 0 Å². The minimum absolute atomic E-state index is 0.0662. The second-order valence-corrected chi connectivity index (χ2v) is 6.74. The molecule has 3 N–H and O–H groups in total. The lowest BCUT2D eigenvalue weighted by atomic mass is 10.2. The number of aryl methyl sites for hydroxylation is 1. The summed E-state index contributed by atoms with van der Waals surface area (Å²) in [6.07, 6.45) is 0.310. The van der Waals surface area contributed by atoms with Gasteiger partial charge >= 0.3 is 0 Å². The van der Waals surface area contributed by atoms with Crippen molar-refractivity contribution in [3.05, 3.63) is 22.5 Å². The van der Waals surface area contributed by atoms with Crippen molar-refractivity contribution in [1.29, 1.82) is 5.41 Å². The molecule has 0 radical (unpaired) electrons. The molecule has 3 aromatic rings. The number of aromatic nitrogens is 1. The van der Waals surface area contributed by atoms with E-state index in [-0.39, 0.29) is 11.9 Å². The average Bonchev–Trinajstić information content (AvgIpc) is 3.00. The van der Waals surface area contributed by atoms with Gasteiger partial charge in [0.2, 0.25) is 0 Å². The predicted molar refractivity (Wildman–Crippen MR) is 86.4 cm³/mol. The van der Waals surface area contributed by atoms with Crippen molar-refractivity contribution in [2.45, 2.75) is 26.4 Å². The Hall–Kier alpha value is -1.66. The summed E-state index contributed by atoms with van der Waals surface area (Å²) in [7, 11) is 0. The lowest BCUT2D eigenvalue weighted by molar-refractivity contribution is 0.264. The number of ether oxygens (including phenoxy) is 1. The molecule has 2 heterocycles. The number of hydrogen-bond donors (Lipinski definition) is 2. The Morgan fingerprint density at radius 3 is 3.05 bits per heavy atom. The van der Waals surface area contributed by atoms with Gasteiger partial charge in [-0.15, -0.1) is 22.7 Å². The Balaban J connectivity index is 2.17. The van der Waals surface area contributed by atoms with Crippen molar-refractivity contribution in [2.24, 2.45) is 5.73 Å². The van der Waals surface area contributed by atoms with Gasteiger partial charge in [0.1, 0.15) is 11.6 Å². The van der Waals surface area contributed by atoms with Crippen LogP contribution in [0.25, 0.3) is 20.3 Å². The Labute approximate surface area is 124 Å². The van der Waals surface area contributed by atoms with Crippen LogP contribution in [0.5, 0.6) is 5.75 Å². The van der Waals surface area contributed by atoms with Crippen molar-refractivity contribution in [2.75, 3.05) is 0 Å². The molecule has 0 saturated heterocycles. The van der Waals surface area contributed by atoms with Crippen molar-refractivity contribution in [1.82, 2.24) is 4.98 Å². The fourth-order valence-electron chi connectivity index (χ4n) is 2.20. The molecular formula is C14H15N3OS2. The molecule has 0 spiro atoms. The summed E-state index contributed by atoms with van der Waals surface area (Å²) >= 11 is 3.32. The number of nitrogens with one attached hydrogen (secondary N) is 1. The quantitative estimate of drug-likeness (QED) is 0.567. The Kier molecular flexibility index (Phi) is 3.35. The van der Waals surface area contributed by atoms with Gasteiger partial charge in [0.05, 0.1) is 19.9 Å². The van der Waals surface area contributed by atoms with E-state index in [2.05, 4.69) is 4.98 Å². The third-order valence-electron chi connectivity index (χ3n) is 3.16. The van der Waals surface area contributed by atoms with Crippen LogP contribution >= 0.6 is 22.7 Å². The third kappa shape index (κ3) is 2.14. The Bertz CT molecular complexity index is 790. The molecule has 1 aromatic carbocycles. The molecule has 0 amide bonds. The molecule has 104 valence electrons.